The van der Waals surface area contributed by atoms with E-state index in [4.69, 9.17) is 5.11 Å². The number of sulfonamides is 1. The van der Waals surface area contributed by atoms with E-state index in [1.807, 2.05) is 0 Å². The summed E-state index contributed by atoms with van der Waals surface area (Å²) in [6, 6.07) is 4.95. The van der Waals surface area contributed by atoms with Crippen molar-refractivity contribution >= 4 is 21.7 Å². The number of hydrogen-bond donors (Lipinski definition) is 1. The fourth-order valence-corrected chi connectivity index (χ4v) is 2.80. The van der Waals surface area contributed by atoms with Crippen LogP contribution < -0.4 is 4.31 Å². The molecule has 1 heterocycles. The minimum absolute atomic E-state index is 0.143. The third-order valence-electron chi connectivity index (χ3n) is 2.76. The molecule has 1 aromatic carbocycles. The van der Waals surface area contributed by atoms with Crippen LogP contribution in [0.2, 0.25) is 0 Å². The number of anilines is 1. The lowest BCUT2D eigenvalue weighted by atomic mass is 10.3. The third kappa shape index (κ3) is 3.19. The first-order valence-electron chi connectivity index (χ1n) is 5.79. The van der Waals surface area contributed by atoms with Crippen LogP contribution in [0.15, 0.2) is 41.6 Å². The van der Waals surface area contributed by atoms with Crippen LogP contribution in [-0.2, 0) is 21.4 Å². The smallest absolute Gasteiger partial charge is 0.325 e. The molecule has 0 saturated carbocycles. The molecule has 21 heavy (non-hydrogen) atoms. The lowest BCUT2D eigenvalue weighted by molar-refractivity contribution is -0.137. The Morgan fingerprint density at radius 1 is 1.38 bits per heavy atom. The molecule has 0 bridgehead atoms. The number of halogens is 1. The van der Waals surface area contributed by atoms with E-state index < -0.39 is 28.4 Å². The SMILES string of the molecule is CN(c1ccc(F)cc1)S(=O)(=O)c1cnn(CC(=O)O)c1. The standard InChI is InChI=1S/C12H12FN3O4S/c1-15(10-4-2-9(13)3-5-10)21(19,20)11-6-14-16(7-11)8-12(17)18/h2-7H,8H2,1H3,(H,17,18). The van der Waals surface area contributed by atoms with Gasteiger partial charge in [-0.25, -0.2) is 12.8 Å². The van der Waals surface area contributed by atoms with E-state index >= 15 is 0 Å². The quantitative estimate of drug-likeness (QED) is 0.886. The van der Waals surface area contributed by atoms with Crippen molar-refractivity contribution in [1.82, 2.24) is 9.78 Å². The minimum atomic E-state index is -3.89. The van der Waals surface area contributed by atoms with Crippen molar-refractivity contribution in [3.05, 3.63) is 42.5 Å². The summed E-state index contributed by atoms with van der Waals surface area (Å²) >= 11 is 0. The monoisotopic (exact) mass is 313 g/mol. The van der Waals surface area contributed by atoms with Crippen molar-refractivity contribution in [2.24, 2.45) is 0 Å². The summed E-state index contributed by atoms with van der Waals surface area (Å²) in [6.07, 6.45) is 2.20. The number of carboxylic acid groups (broad SMARTS) is 1. The Labute approximate surface area is 120 Å². The molecule has 0 spiro atoms. The Bertz CT molecular complexity index is 755. The van der Waals surface area contributed by atoms with Gasteiger partial charge in [0, 0.05) is 13.2 Å². The van der Waals surface area contributed by atoms with E-state index in [2.05, 4.69) is 5.10 Å². The largest absolute Gasteiger partial charge is 0.480 e. The second kappa shape index (κ2) is 5.52. The molecule has 0 aliphatic rings. The van der Waals surface area contributed by atoms with Gasteiger partial charge in [-0.2, -0.15) is 5.10 Å². The van der Waals surface area contributed by atoms with Crippen molar-refractivity contribution in [2.45, 2.75) is 11.4 Å². The van der Waals surface area contributed by atoms with Crippen LogP contribution in [0.1, 0.15) is 0 Å². The van der Waals surface area contributed by atoms with Crippen molar-refractivity contribution in [3.8, 4) is 0 Å². The number of aromatic nitrogens is 2. The maximum atomic E-state index is 12.9. The first-order valence-corrected chi connectivity index (χ1v) is 7.23. The molecule has 9 heteroatoms. The predicted octanol–water partition coefficient (Wildman–Crippen LogP) is 0.932. The van der Waals surface area contributed by atoms with Gasteiger partial charge in [0.1, 0.15) is 17.3 Å². The first-order chi connectivity index (χ1) is 9.80. The highest BCUT2D eigenvalue weighted by molar-refractivity contribution is 7.92. The predicted molar refractivity (Wildman–Crippen MR) is 71.9 cm³/mol. The number of carbonyl (C=O) groups is 1. The van der Waals surface area contributed by atoms with Crippen LogP contribution in [0.4, 0.5) is 10.1 Å². The highest BCUT2D eigenvalue weighted by Gasteiger charge is 2.23. The molecule has 0 fully saturated rings. The van der Waals surface area contributed by atoms with E-state index in [0.29, 0.717) is 0 Å². The van der Waals surface area contributed by atoms with E-state index in [1.165, 1.54) is 19.2 Å². The summed E-state index contributed by atoms with van der Waals surface area (Å²) in [5.74, 6) is -1.60. The maximum Gasteiger partial charge on any atom is 0.325 e. The number of nitrogens with zero attached hydrogens (tertiary/aromatic N) is 3. The fraction of sp³-hybridized carbons (Fsp3) is 0.167. The van der Waals surface area contributed by atoms with E-state index in [0.717, 1.165) is 33.5 Å². The van der Waals surface area contributed by atoms with Gasteiger partial charge in [-0.15, -0.1) is 0 Å². The topological polar surface area (TPSA) is 92.5 Å². The van der Waals surface area contributed by atoms with E-state index in [1.54, 1.807) is 0 Å². The molecule has 2 rings (SSSR count). The number of rotatable bonds is 5. The Hall–Kier alpha value is -2.42. The highest BCUT2D eigenvalue weighted by atomic mass is 32.2. The summed E-state index contributed by atoms with van der Waals surface area (Å²) in [7, 11) is -2.57. The van der Waals surface area contributed by atoms with Gasteiger partial charge in [0.05, 0.1) is 11.9 Å². The number of carboxylic acids is 1. The number of hydrogen-bond acceptors (Lipinski definition) is 4. The van der Waals surface area contributed by atoms with Gasteiger partial charge >= 0.3 is 5.97 Å². The van der Waals surface area contributed by atoms with Gasteiger partial charge in [-0.05, 0) is 24.3 Å². The average molecular weight is 313 g/mol. The molecule has 0 amide bonds. The number of benzene rings is 1. The lowest BCUT2D eigenvalue weighted by Gasteiger charge is -2.18. The minimum Gasteiger partial charge on any atom is -0.480 e. The molecule has 0 atom stereocenters. The molecule has 112 valence electrons. The first kappa shape index (κ1) is 15.0. The fourth-order valence-electron chi connectivity index (χ4n) is 1.65. The second-order valence-electron chi connectivity index (χ2n) is 4.22. The molecular weight excluding hydrogens is 301 g/mol. The third-order valence-corrected chi connectivity index (χ3v) is 4.49. The summed E-state index contributed by atoms with van der Waals surface area (Å²) in [5.41, 5.74) is 0.280. The van der Waals surface area contributed by atoms with Gasteiger partial charge in [0.15, 0.2) is 0 Å². The molecule has 0 unspecified atom stereocenters. The molecule has 0 saturated heterocycles. The van der Waals surface area contributed by atoms with Crippen LogP contribution in [0.5, 0.6) is 0 Å². The summed E-state index contributed by atoms with van der Waals surface area (Å²) in [6.45, 7) is -0.435. The molecule has 0 radical (unpaired) electrons. The normalized spacial score (nSPS) is 11.3. The molecule has 0 aliphatic heterocycles. The molecule has 0 aliphatic carbocycles. The molecule has 2 aromatic rings. The Morgan fingerprint density at radius 3 is 2.57 bits per heavy atom. The van der Waals surface area contributed by atoms with Crippen molar-refractivity contribution in [3.63, 3.8) is 0 Å². The summed E-state index contributed by atoms with van der Waals surface area (Å²) in [5, 5.41) is 12.3. The zero-order valence-corrected chi connectivity index (χ0v) is 11.8. The average Bonchev–Trinajstić information content (AvgIpc) is 2.87. The van der Waals surface area contributed by atoms with Crippen molar-refractivity contribution in [2.75, 3.05) is 11.4 Å². The Morgan fingerprint density at radius 2 is 2.00 bits per heavy atom. The van der Waals surface area contributed by atoms with E-state index in [-0.39, 0.29) is 10.6 Å². The Kier molecular flexibility index (Phi) is 3.94. The molecular formula is C12H12FN3O4S. The van der Waals surface area contributed by atoms with Crippen LogP contribution in [0.25, 0.3) is 0 Å². The maximum absolute atomic E-state index is 12.9. The zero-order chi connectivity index (χ0) is 15.6. The van der Waals surface area contributed by atoms with Gasteiger partial charge in [-0.1, -0.05) is 0 Å². The molecule has 1 N–H and O–H groups in total. The molecule has 1 aromatic heterocycles. The van der Waals surface area contributed by atoms with E-state index in [9.17, 15) is 17.6 Å². The van der Waals surface area contributed by atoms with Crippen LogP contribution in [-0.4, -0.2) is 36.3 Å². The van der Waals surface area contributed by atoms with Crippen LogP contribution in [0.3, 0.4) is 0 Å². The van der Waals surface area contributed by atoms with Crippen LogP contribution in [0, 0.1) is 5.82 Å². The second-order valence-corrected chi connectivity index (χ2v) is 6.19. The summed E-state index contributed by atoms with van der Waals surface area (Å²) < 4.78 is 39.5. The zero-order valence-electron chi connectivity index (χ0n) is 11.0. The summed E-state index contributed by atoms with van der Waals surface area (Å²) in [4.78, 5) is 10.4. The van der Waals surface area contributed by atoms with Crippen molar-refractivity contribution in [1.29, 1.82) is 0 Å². The van der Waals surface area contributed by atoms with Gasteiger partial charge in [0.2, 0.25) is 0 Å². The van der Waals surface area contributed by atoms with Gasteiger partial charge < -0.3 is 5.11 Å². The van der Waals surface area contributed by atoms with Gasteiger partial charge in [-0.3, -0.25) is 13.8 Å². The van der Waals surface area contributed by atoms with Gasteiger partial charge in [0.25, 0.3) is 10.0 Å². The van der Waals surface area contributed by atoms with Crippen LogP contribution >= 0.6 is 0 Å². The number of aliphatic carboxylic acids is 1. The lowest BCUT2D eigenvalue weighted by Crippen LogP contribution is -2.26. The highest BCUT2D eigenvalue weighted by Crippen LogP contribution is 2.21. The van der Waals surface area contributed by atoms with Crippen molar-refractivity contribution < 1.29 is 22.7 Å². The Balaban J connectivity index is 2.30. The molecule has 7 nitrogen and oxygen atoms in total.